The molecule has 0 aromatic heterocycles. The van der Waals surface area contributed by atoms with Gasteiger partial charge in [0.05, 0.1) is 0 Å². The minimum atomic E-state index is 0.365. The lowest BCUT2D eigenvalue weighted by Gasteiger charge is -2.29. The Labute approximate surface area is 124 Å². The van der Waals surface area contributed by atoms with Crippen molar-refractivity contribution < 1.29 is 0 Å². The molecule has 20 heavy (non-hydrogen) atoms. The third-order valence-electron chi connectivity index (χ3n) is 3.89. The zero-order valence-electron chi connectivity index (χ0n) is 14.0. The smallest absolute Gasteiger partial charge is 0.000893 e. The third kappa shape index (κ3) is 4.67. The van der Waals surface area contributed by atoms with Gasteiger partial charge in [-0.1, -0.05) is 76.3 Å². The summed E-state index contributed by atoms with van der Waals surface area (Å²) >= 11 is 0. The largest absolute Gasteiger partial charge is 0.0912 e. The van der Waals surface area contributed by atoms with Gasteiger partial charge in [0.25, 0.3) is 0 Å². The van der Waals surface area contributed by atoms with Gasteiger partial charge in [-0.25, -0.2) is 0 Å². The fourth-order valence-electron chi connectivity index (χ4n) is 3.15. The Morgan fingerprint density at radius 3 is 2.35 bits per heavy atom. The first-order chi connectivity index (χ1) is 9.26. The zero-order chi connectivity index (χ0) is 15.3. The van der Waals surface area contributed by atoms with Crippen LogP contribution in [0.4, 0.5) is 0 Å². The second-order valence-corrected chi connectivity index (χ2v) is 7.13. The van der Waals surface area contributed by atoms with Crippen LogP contribution in [0.1, 0.15) is 48.0 Å². The first-order valence-electron chi connectivity index (χ1n) is 7.64. The molecule has 0 nitrogen and oxygen atoms in total. The molecule has 2 atom stereocenters. The van der Waals surface area contributed by atoms with Gasteiger partial charge in [-0.3, -0.25) is 0 Å². The summed E-state index contributed by atoms with van der Waals surface area (Å²) in [5, 5.41) is 2.43. The number of hydrogen-bond acceptors (Lipinski definition) is 0. The van der Waals surface area contributed by atoms with E-state index in [-0.39, 0.29) is 0 Å². The molecule has 0 aliphatic heterocycles. The Hall–Kier alpha value is -1.30. The average molecular weight is 270 g/mol. The topological polar surface area (TPSA) is 0 Å². The van der Waals surface area contributed by atoms with Crippen molar-refractivity contribution in [3.8, 4) is 0 Å². The first-order valence-corrected chi connectivity index (χ1v) is 7.64. The summed E-state index contributed by atoms with van der Waals surface area (Å²) in [4.78, 5) is 0. The SMILES string of the molecule is C=c1cccc/c1=C(\C)C(/C=C\C)C(C)CC(C)(C)C. The quantitative estimate of drug-likeness (QED) is 0.705. The van der Waals surface area contributed by atoms with Crippen molar-refractivity contribution in [1.29, 1.82) is 0 Å². The van der Waals surface area contributed by atoms with Crippen molar-refractivity contribution in [3.63, 3.8) is 0 Å². The monoisotopic (exact) mass is 270 g/mol. The average Bonchev–Trinajstić information content (AvgIpc) is 2.33. The Kier molecular flexibility index (Phi) is 5.80. The number of allylic oxidation sites excluding steroid dienone is 2. The zero-order valence-corrected chi connectivity index (χ0v) is 14.0. The normalized spacial score (nSPS) is 17.1. The fraction of sp³-hybridized carbons (Fsp3) is 0.500. The van der Waals surface area contributed by atoms with E-state index in [2.05, 4.69) is 84.5 Å². The van der Waals surface area contributed by atoms with Gasteiger partial charge in [-0.15, -0.1) is 0 Å². The van der Waals surface area contributed by atoms with Crippen LogP contribution >= 0.6 is 0 Å². The highest BCUT2D eigenvalue weighted by Gasteiger charge is 2.22. The molecule has 1 rings (SSSR count). The molecular formula is C20H30. The highest BCUT2D eigenvalue weighted by atomic mass is 14.3. The van der Waals surface area contributed by atoms with E-state index < -0.39 is 0 Å². The van der Waals surface area contributed by atoms with Crippen LogP contribution in [-0.2, 0) is 0 Å². The van der Waals surface area contributed by atoms with Gasteiger partial charge in [0, 0.05) is 5.92 Å². The van der Waals surface area contributed by atoms with Gasteiger partial charge >= 0.3 is 0 Å². The van der Waals surface area contributed by atoms with E-state index in [1.165, 1.54) is 17.2 Å². The van der Waals surface area contributed by atoms with Gasteiger partial charge in [0.2, 0.25) is 0 Å². The maximum absolute atomic E-state index is 4.17. The van der Waals surface area contributed by atoms with E-state index in [9.17, 15) is 0 Å². The fourth-order valence-corrected chi connectivity index (χ4v) is 3.15. The molecule has 1 aromatic carbocycles. The van der Waals surface area contributed by atoms with Gasteiger partial charge in [-0.2, -0.15) is 0 Å². The third-order valence-corrected chi connectivity index (χ3v) is 3.89. The maximum atomic E-state index is 4.17. The molecule has 0 heterocycles. The maximum Gasteiger partial charge on any atom is 0.000893 e. The minimum Gasteiger partial charge on any atom is -0.0912 e. The molecule has 0 saturated heterocycles. The predicted molar refractivity (Wildman–Crippen MR) is 91.8 cm³/mol. The van der Waals surface area contributed by atoms with Gasteiger partial charge in [0.1, 0.15) is 0 Å². The highest BCUT2D eigenvalue weighted by molar-refractivity contribution is 5.48. The van der Waals surface area contributed by atoms with Crippen molar-refractivity contribution in [2.75, 3.05) is 0 Å². The molecule has 0 saturated carbocycles. The highest BCUT2D eigenvalue weighted by Crippen LogP contribution is 2.32. The molecule has 0 N–H and O–H groups in total. The van der Waals surface area contributed by atoms with E-state index in [0.29, 0.717) is 17.3 Å². The standard InChI is InChI=1S/C20H30/c1-8-11-18(16(3)14-20(5,6)7)17(4)19-13-10-9-12-15(19)2/h8-13,16,18H,2,14H2,1,3-7H3/b11-8-,19-17-. The second kappa shape index (κ2) is 6.92. The van der Waals surface area contributed by atoms with Crippen molar-refractivity contribution in [1.82, 2.24) is 0 Å². The molecule has 0 bridgehead atoms. The van der Waals surface area contributed by atoms with E-state index in [1.807, 2.05) is 0 Å². The Balaban J connectivity index is 3.25. The lowest BCUT2D eigenvalue weighted by Crippen LogP contribution is -2.29. The summed E-state index contributed by atoms with van der Waals surface area (Å²) in [6.45, 7) is 17.9. The molecule has 110 valence electrons. The molecule has 1 aromatic rings. The summed E-state index contributed by atoms with van der Waals surface area (Å²) in [6.07, 6.45) is 5.75. The second-order valence-electron chi connectivity index (χ2n) is 7.13. The van der Waals surface area contributed by atoms with Crippen LogP contribution in [0.3, 0.4) is 0 Å². The molecule has 0 radical (unpaired) electrons. The number of benzene rings is 1. The molecule has 0 fully saturated rings. The molecule has 0 spiro atoms. The minimum absolute atomic E-state index is 0.365. The van der Waals surface area contributed by atoms with Gasteiger partial charge in [0.15, 0.2) is 0 Å². The molecule has 0 aliphatic rings. The summed E-state index contributed by atoms with van der Waals surface area (Å²) in [6, 6.07) is 8.45. The predicted octanol–water partition coefficient (Wildman–Crippen LogP) is 4.53. The molecule has 0 heteroatoms. The van der Waals surface area contributed by atoms with E-state index in [4.69, 9.17) is 0 Å². The van der Waals surface area contributed by atoms with E-state index in [0.717, 1.165) is 5.22 Å². The Morgan fingerprint density at radius 2 is 1.85 bits per heavy atom. The molecule has 0 amide bonds. The van der Waals surface area contributed by atoms with E-state index >= 15 is 0 Å². The lowest BCUT2D eigenvalue weighted by atomic mass is 9.76. The van der Waals surface area contributed by atoms with Gasteiger partial charge < -0.3 is 0 Å². The summed E-state index contributed by atoms with van der Waals surface area (Å²) < 4.78 is 0. The Morgan fingerprint density at radius 1 is 1.25 bits per heavy atom. The molecular weight excluding hydrogens is 240 g/mol. The first kappa shape index (κ1) is 16.8. The summed E-state index contributed by atoms with van der Waals surface area (Å²) in [5.41, 5.74) is 1.80. The van der Waals surface area contributed by atoms with Crippen molar-refractivity contribution in [2.45, 2.75) is 48.0 Å². The Bertz CT molecular complexity index is 554. The lowest BCUT2D eigenvalue weighted by molar-refractivity contribution is 0.286. The van der Waals surface area contributed by atoms with Crippen LogP contribution in [0.25, 0.3) is 12.2 Å². The van der Waals surface area contributed by atoms with Crippen LogP contribution in [0, 0.1) is 17.3 Å². The van der Waals surface area contributed by atoms with Crippen molar-refractivity contribution in [2.24, 2.45) is 17.3 Å². The van der Waals surface area contributed by atoms with Crippen LogP contribution in [-0.4, -0.2) is 0 Å². The number of rotatable bonds is 4. The van der Waals surface area contributed by atoms with Gasteiger partial charge in [-0.05, 0) is 42.0 Å². The van der Waals surface area contributed by atoms with Crippen molar-refractivity contribution in [3.05, 3.63) is 46.9 Å². The van der Waals surface area contributed by atoms with Crippen molar-refractivity contribution >= 4 is 12.2 Å². The summed E-state index contributed by atoms with van der Waals surface area (Å²) in [5.74, 6) is 1.12. The number of hydrogen-bond donors (Lipinski definition) is 0. The molecule has 2 unspecified atom stereocenters. The molecule has 0 aliphatic carbocycles. The van der Waals surface area contributed by atoms with Crippen LogP contribution in [0.15, 0.2) is 36.4 Å². The summed E-state index contributed by atoms with van der Waals surface area (Å²) in [7, 11) is 0. The van der Waals surface area contributed by atoms with Crippen LogP contribution in [0.5, 0.6) is 0 Å². The van der Waals surface area contributed by atoms with E-state index in [1.54, 1.807) is 0 Å². The van der Waals surface area contributed by atoms with Crippen LogP contribution in [0.2, 0.25) is 0 Å². The van der Waals surface area contributed by atoms with Crippen LogP contribution < -0.4 is 10.4 Å².